The summed E-state index contributed by atoms with van der Waals surface area (Å²) >= 11 is 0. The Kier molecular flexibility index (Phi) is 7.44. The molecular formula is C30H39NO3Si2. The van der Waals surface area contributed by atoms with Gasteiger partial charge in [0.2, 0.25) is 10.5 Å². The van der Waals surface area contributed by atoms with E-state index in [9.17, 15) is 4.79 Å². The van der Waals surface area contributed by atoms with Crippen LogP contribution in [0.3, 0.4) is 0 Å². The van der Waals surface area contributed by atoms with Crippen molar-refractivity contribution >= 4 is 24.8 Å². The predicted octanol–water partition coefficient (Wildman–Crippen LogP) is 5.40. The smallest absolute Gasteiger partial charge is 0.309 e. The molecular weight excluding hydrogens is 479 g/mol. The van der Waals surface area contributed by atoms with Crippen molar-refractivity contribution in [1.29, 1.82) is 0 Å². The summed E-state index contributed by atoms with van der Waals surface area (Å²) in [5, 5.41) is 3.97. The monoisotopic (exact) mass is 517 g/mol. The minimum Gasteiger partial charge on any atom is -0.528 e. The van der Waals surface area contributed by atoms with Gasteiger partial charge in [-0.1, -0.05) is 107 Å². The molecule has 0 bridgehead atoms. The summed E-state index contributed by atoms with van der Waals surface area (Å²) in [5.41, 5.74) is 5.11. The van der Waals surface area contributed by atoms with Crippen molar-refractivity contribution in [3.05, 3.63) is 95.6 Å². The average Bonchev–Trinajstić information content (AvgIpc) is 3.16. The van der Waals surface area contributed by atoms with Crippen molar-refractivity contribution in [1.82, 2.24) is 5.32 Å². The highest BCUT2D eigenvalue weighted by molar-refractivity contribution is 6.74. The Labute approximate surface area is 220 Å². The molecule has 1 N–H and O–H groups in total. The third-order valence-corrected chi connectivity index (χ3v) is 13.0. The highest BCUT2D eigenvalue weighted by Crippen LogP contribution is 2.51. The van der Waals surface area contributed by atoms with Crippen LogP contribution in [0.15, 0.2) is 78.9 Å². The number of benzene rings is 3. The fourth-order valence-corrected chi connectivity index (χ4v) is 6.29. The molecule has 0 saturated heterocycles. The molecule has 2 atom stereocenters. The normalized spacial score (nSPS) is 16.2. The second kappa shape index (κ2) is 10.1. The molecule has 0 amide bonds. The van der Waals surface area contributed by atoms with Crippen LogP contribution >= 0.6 is 0 Å². The number of fused-ring (bicyclic) bond motifs is 3. The van der Waals surface area contributed by atoms with E-state index < -0.39 is 19.9 Å². The third-order valence-electron chi connectivity index (χ3n) is 8.07. The van der Waals surface area contributed by atoms with Gasteiger partial charge in [-0.2, -0.15) is 0 Å². The Morgan fingerprint density at radius 2 is 1.42 bits per heavy atom. The third kappa shape index (κ3) is 4.63. The Balaban J connectivity index is 1.82. The Morgan fingerprint density at radius 1 is 0.917 bits per heavy atom. The van der Waals surface area contributed by atoms with E-state index in [4.69, 9.17) is 8.85 Å². The maximum Gasteiger partial charge on any atom is 0.309 e. The first kappa shape index (κ1) is 26.5. The van der Waals surface area contributed by atoms with Gasteiger partial charge in [0.1, 0.15) is 6.04 Å². The van der Waals surface area contributed by atoms with Crippen LogP contribution in [0, 0.1) is 5.92 Å². The number of carbonyl (C=O) groups is 1. The first-order valence-electron chi connectivity index (χ1n) is 12.8. The molecule has 3 aromatic rings. The molecule has 4 rings (SSSR count). The minimum atomic E-state index is -1.97. The van der Waals surface area contributed by atoms with E-state index in [0.29, 0.717) is 17.1 Å². The van der Waals surface area contributed by atoms with Gasteiger partial charge in [0, 0.05) is 12.5 Å². The maximum atomic E-state index is 13.4. The van der Waals surface area contributed by atoms with Crippen LogP contribution in [0.5, 0.6) is 0 Å². The molecule has 0 heterocycles. The zero-order valence-electron chi connectivity index (χ0n) is 22.6. The van der Waals surface area contributed by atoms with Crippen LogP contribution in [0.4, 0.5) is 0 Å². The molecule has 3 aromatic carbocycles. The van der Waals surface area contributed by atoms with E-state index in [-0.39, 0.29) is 16.9 Å². The fourth-order valence-electron chi connectivity index (χ4n) is 4.92. The van der Waals surface area contributed by atoms with Crippen LogP contribution in [0.25, 0.3) is 11.1 Å². The number of rotatable bonds is 8. The summed E-state index contributed by atoms with van der Waals surface area (Å²) in [5.74, 6) is -0.300. The quantitative estimate of drug-likeness (QED) is 0.407. The summed E-state index contributed by atoms with van der Waals surface area (Å²) in [6.07, 6.45) is 0. The molecule has 0 unspecified atom stereocenters. The summed E-state index contributed by atoms with van der Waals surface area (Å²) in [6.45, 7) is 13.8. The van der Waals surface area contributed by atoms with Crippen LogP contribution < -0.4 is 5.32 Å². The largest absolute Gasteiger partial charge is 0.528 e. The second-order valence-electron chi connectivity index (χ2n) is 11.4. The van der Waals surface area contributed by atoms with E-state index in [1.807, 2.05) is 6.07 Å². The number of carbonyl (C=O) groups excluding carboxylic acids is 1. The highest BCUT2D eigenvalue weighted by Gasteiger charge is 2.48. The number of nitrogens with one attached hydrogen (secondary N) is 1. The van der Waals surface area contributed by atoms with Crippen LogP contribution in [0.1, 0.15) is 44.4 Å². The molecule has 0 fully saturated rings. The van der Waals surface area contributed by atoms with Crippen LogP contribution in [0.2, 0.25) is 18.1 Å². The van der Waals surface area contributed by atoms with Crippen LogP contribution in [-0.2, 0) is 19.2 Å². The minimum absolute atomic E-state index is 0.0823. The van der Waals surface area contributed by atoms with Gasteiger partial charge in [0.15, 0.2) is 8.32 Å². The summed E-state index contributed by atoms with van der Waals surface area (Å²) in [4.78, 5) is 13.4. The zero-order valence-corrected chi connectivity index (χ0v) is 25.6. The van der Waals surface area contributed by atoms with Crippen molar-refractivity contribution in [3.8, 4) is 11.1 Å². The lowest BCUT2D eigenvalue weighted by atomic mass is 9.79. The molecule has 0 saturated carbocycles. The Bertz CT molecular complexity index is 1170. The van der Waals surface area contributed by atoms with E-state index in [1.165, 1.54) is 11.1 Å². The van der Waals surface area contributed by atoms with Crippen molar-refractivity contribution in [3.63, 3.8) is 0 Å². The van der Waals surface area contributed by atoms with Gasteiger partial charge < -0.3 is 8.85 Å². The lowest BCUT2D eigenvalue weighted by Gasteiger charge is -2.40. The van der Waals surface area contributed by atoms with E-state index in [2.05, 4.69) is 119 Å². The zero-order chi connectivity index (χ0) is 26.1. The van der Waals surface area contributed by atoms with Crippen molar-refractivity contribution < 1.29 is 13.6 Å². The van der Waals surface area contributed by atoms with E-state index in [0.717, 1.165) is 16.7 Å². The van der Waals surface area contributed by atoms with Gasteiger partial charge in [-0.15, -0.1) is 0 Å². The fraction of sp³-hybridized carbons (Fsp3) is 0.367. The molecule has 36 heavy (non-hydrogen) atoms. The van der Waals surface area contributed by atoms with Gasteiger partial charge >= 0.3 is 5.97 Å². The van der Waals surface area contributed by atoms with Crippen molar-refractivity contribution in [2.45, 2.75) is 57.4 Å². The summed E-state index contributed by atoms with van der Waals surface area (Å²) < 4.78 is 12.1. The summed E-state index contributed by atoms with van der Waals surface area (Å²) in [6, 6.07) is 26.9. The number of hydrogen-bond acceptors (Lipinski definition) is 4. The second-order valence-corrected chi connectivity index (χ2v) is 16.6. The average molecular weight is 518 g/mol. The maximum absolute atomic E-state index is 13.4. The van der Waals surface area contributed by atoms with Gasteiger partial charge in [-0.3, -0.25) is 10.1 Å². The molecule has 0 aliphatic heterocycles. The van der Waals surface area contributed by atoms with Gasteiger partial charge in [0.05, 0.1) is 5.54 Å². The molecule has 0 spiro atoms. The van der Waals surface area contributed by atoms with E-state index >= 15 is 0 Å². The highest BCUT2D eigenvalue weighted by atomic mass is 28.4. The molecule has 4 nitrogen and oxygen atoms in total. The first-order valence-corrected chi connectivity index (χ1v) is 16.5. The molecule has 0 aromatic heterocycles. The predicted molar refractivity (Wildman–Crippen MR) is 153 cm³/mol. The molecule has 0 radical (unpaired) electrons. The topological polar surface area (TPSA) is 47.6 Å². The van der Waals surface area contributed by atoms with Gasteiger partial charge in [-0.05, 0) is 45.9 Å². The summed E-state index contributed by atoms with van der Waals surface area (Å²) in [7, 11) is -1.63. The van der Waals surface area contributed by atoms with Crippen molar-refractivity contribution in [2.24, 2.45) is 5.92 Å². The SMILES string of the molecule is C[C@H](CO[Si](C)(C)C(C)(C)C)[C@H](NC1(c2ccccc2)c2ccccc2-c2ccccc21)C(=O)O[SiH3]. The van der Waals surface area contributed by atoms with Crippen molar-refractivity contribution in [2.75, 3.05) is 6.61 Å². The lowest BCUT2D eigenvalue weighted by Crippen LogP contribution is -2.55. The van der Waals surface area contributed by atoms with E-state index in [1.54, 1.807) is 0 Å². The number of hydrogen-bond donors (Lipinski definition) is 1. The lowest BCUT2D eigenvalue weighted by molar-refractivity contribution is -0.138. The Morgan fingerprint density at radius 3 is 1.92 bits per heavy atom. The first-order chi connectivity index (χ1) is 17.0. The molecule has 190 valence electrons. The molecule has 1 aliphatic carbocycles. The Hall–Kier alpha value is -2.52. The molecule has 1 aliphatic rings. The van der Waals surface area contributed by atoms with Gasteiger partial charge in [-0.25, -0.2) is 0 Å². The molecule has 6 heteroatoms. The van der Waals surface area contributed by atoms with Crippen LogP contribution in [-0.4, -0.2) is 37.4 Å². The standard InChI is InChI=1S/C30H39NO3Si2/c1-21(20-33-36(5,6)29(2,3)4)27(28(32)34-35)31-30(22-14-8-7-9-15-22)25-18-12-10-16-23(25)24-17-11-13-19-26(24)30/h7-19,21,27,31H,20H2,1-6,35H3/t21-,27+/m1/s1. The van der Waals surface area contributed by atoms with Gasteiger partial charge in [0.25, 0.3) is 0 Å².